The van der Waals surface area contributed by atoms with Crippen LogP contribution in [-0.2, 0) is 16.0 Å². The van der Waals surface area contributed by atoms with E-state index in [9.17, 15) is 14.3 Å². The van der Waals surface area contributed by atoms with Gasteiger partial charge in [0, 0.05) is 24.6 Å². The number of benzene rings is 1. The molecule has 0 spiro atoms. The second-order valence-electron chi connectivity index (χ2n) is 7.97. The van der Waals surface area contributed by atoms with Crippen LogP contribution in [0, 0.1) is 5.82 Å². The second-order valence-corrected chi connectivity index (χ2v) is 8.97. The summed E-state index contributed by atoms with van der Waals surface area (Å²) in [4.78, 5) is 18.5. The molecular weight excluding hydrogens is 431 g/mol. The third-order valence-electron chi connectivity index (χ3n) is 5.52. The lowest BCUT2D eigenvalue weighted by Gasteiger charge is -2.37. The average molecular weight is 465 g/mol. The molecule has 6 nitrogen and oxygen atoms in total. The molecule has 0 radical (unpaired) electrons. The van der Waals surface area contributed by atoms with E-state index in [4.69, 9.17) is 9.47 Å². The van der Waals surface area contributed by atoms with E-state index in [1.54, 1.807) is 23.5 Å². The number of nitrogens with zero attached hydrogens (tertiary/aromatic N) is 2. The molecule has 0 saturated heterocycles. The molecule has 2 heterocycles. The van der Waals surface area contributed by atoms with Gasteiger partial charge in [-0.2, -0.15) is 0 Å². The van der Waals surface area contributed by atoms with Crippen LogP contribution in [-0.4, -0.2) is 72.9 Å². The maximum atomic E-state index is 13.3. The zero-order chi connectivity index (χ0) is 22.9. The summed E-state index contributed by atoms with van der Waals surface area (Å²) in [5, 5.41) is 12.3. The van der Waals surface area contributed by atoms with Gasteiger partial charge in [0.25, 0.3) is 0 Å². The topological polar surface area (TPSA) is 62.2 Å². The molecule has 3 rings (SSSR count). The number of aliphatic hydroxyl groups excluding tert-OH is 1. The monoisotopic (exact) mass is 464 g/mol. The minimum Gasteiger partial charge on any atom is -0.491 e. The van der Waals surface area contributed by atoms with Crippen molar-refractivity contribution in [3.8, 4) is 5.75 Å². The van der Waals surface area contributed by atoms with Crippen molar-refractivity contribution in [1.29, 1.82) is 0 Å². The molecule has 2 aromatic rings. The van der Waals surface area contributed by atoms with Gasteiger partial charge in [-0.25, -0.2) is 4.39 Å². The van der Waals surface area contributed by atoms with Gasteiger partial charge in [0.05, 0.1) is 25.3 Å². The van der Waals surface area contributed by atoms with E-state index in [0.29, 0.717) is 32.1 Å². The zero-order valence-corrected chi connectivity index (χ0v) is 19.7. The molecule has 1 aromatic carbocycles. The number of hydrogen-bond donors (Lipinski definition) is 1. The number of hydrogen-bond acceptors (Lipinski definition) is 6. The zero-order valence-electron chi connectivity index (χ0n) is 18.8. The smallest absolute Gasteiger partial charge is 0.237 e. The molecule has 1 aliphatic heterocycles. The number of halogens is 1. The van der Waals surface area contributed by atoms with Crippen molar-refractivity contribution in [2.24, 2.45) is 0 Å². The van der Waals surface area contributed by atoms with Gasteiger partial charge < -0.3 is 19.5 Å². The third-order valence-corrected chi connectivity index (χ3v) is 6.52. The molecule has 1 aromatic heterocycles. The summed E-state index contributed by atoms with van der Waals surface area (Å²) in [7, 11) is 0. The number of ether oxygens (including phenoxy) is 2. The lowest BCUT2D eigenvalue weighted by Crippen LogP contribution is -2.48. The van der Waals surface area contributed by atoms with Crippen molar-refractivity contribution in [3.63, 3.8) is 0 Å². The predicted octanol–water partition coefficient (Wildman–Crippen LogP) is 3.50. The first-order valence-corrected chi connectivity index (χ1v) is 12.1. The number of amides is 1. The van der Waals surface area contributed by atoms with Crippen LogP contribution in [0.3, 0.4) is 0 Å². The second kappa shape index (κ2) is 12.3. The third kappa shape index (κ3) is 6.75. The Hall–Kier alpha value is -2.00. The molecule has 0 saturated carbocycles. The Balaban J connectivity index is 1.68. The normalized spacial score (nSPS) is 16.8. The fourth-order valence-electron chi connectivity index (χ4n) is 4.02. The van der Waals surface area contributed by atoms with Crippen molar-refractivity contribution in [2.75, 3.05) is 46.0 Å². The summed E-state index contributed by atoms with van der Waals surface area (Å²) in [6.45, 7) is 7.07. The molecule has 176 valence electrons. The molecule has 0 bridgehead atoms. The molecule has 8 heteroatoms. The van der Waals surface area contributed by atoms with E-state index in [2.05, 4.69) is 18.4 Å². The summed E-state index contributed by atoms with van der Waals surface area (Å²) in [6.07, 6.45) is 1.09. The first-order chi connectivity index (χ1) is 15.5. The maximum Gasteiger partial charge on any atom is 0.237 e. The standard InChI is InChI=1S/C24H33FN2O4S/c1-3-11-26(14-19(28)16-30-4-2)15-24(29)27-12-9-23-21(10-13-32-23)22(27)17-31-20-7-5-18(25)6-8-20/h5-8,10,13,19,22,28H,3-4,9,11-12,14-17H2,1-2H3/t19-,22+/m1/s1. The summed E-state index contributed by atoms with van der Waals surface area (Å²) in [6, 6.07) is 7.80. The van der Waals surface area contributed by atoms with Crippen molar-refractivity contribution in [2.45, 2.75) is 38.8 Å². The molecule has 1 N–H and O–H groups in total. The van der Waals surface area contributed by atoms with Crippen LogP contribution in [0.5, 0.6) is 5.75 Å². The summed E-state index contributed by atoms with van der Waals surface area (Å²) < 4.78 is 24.5. The van der Waals surface area contributed by atoms with E-state index in [0.717, 1.165) is 24.9 Å². The molecule has 1 amide bonds. The predicted molar refractivity (Wildman–Crippen MR) is 124 cm³/mol. The Morgan fingerprint density at radius 1 is 1.31 bits per heavy atom. The van der Waals surface area contributed by atoms with Crippen molar-refractivity contribution in [1.82, 2.24) is 9.80 Å². The number of aliphatic hydroxyl groups is 1. The largest absolute Gasteiger partial charge is 0.491 e. The molecule has 0 aliphatic carbocycles. The number of carbonyl (C=O) groups is 1. The quantitative estimate of drug-likeness (QED) is 0.521. The van der Waals surface area contributed by atoms with Crippen molar-refractivity contribution < 1.29 is 23.8 Å². The molecule has 2 atom stereocenters. The fourth-order valence-corrected chi connectivity index (χ4v) is 4.95. The Bertz CT molecular complexity index is 845. The molecule has 0 unspecified atom stereocenters. The van der Waals surface area contributed by atoms with Gasteiger partial charge in [0.1, 0.15) is 18.2 Å². The lowest BCUT2D eigenvalue weighted by molar-refractivity contribution is -0.136. The van der Waals surface area contributed by atoms with Crippen LogP contribution in [0.1, 0.15) is 36.8 Å². The van der Waals surface area contributed by atoms with E-state index in [-0.39, 0.29) is 30.9 Å². The molecule has 0 fully saturated rings. The maximum absolute atomic E-state index is 13.3. The summed E-state index contributed by atoms with van der Waals surface area (Å²) >= 11 is 1.70. The van der Waals surface area contributed by atoms with Crippen LogP contribution in [0.15, 0.2) is 35.7 Å². The number of fused-ring (bicyclic) bond motifs is 1. The van der Waals surface area contributed by atoms with Gasteiger partial charge in [-0.3, -0.25) is 9.69 Å². The molecule has 1 aliphatic rings. The Morgan fingerprint density at radius 2 is 2.09 bits per heavy atom. The highest BCUT2D eigenvalue weighted by Crippen LogP contribution is 2.34. The Morgan fingerprint density at radius 3 is 2.81 bits per heavy atom. The van der Waals surface area contributed by atoms with E-state index < -0.39 is 6.10 Å². The first-order valence-electron chi connectivity index (χ1n) is 11.2. The van der Waals surface area contributed by atoms with E-state index >= 15 is 0 Å². The Labute approximate surface area is 193 Å². The summed E-state index contributed by atoms with van der Waals surface area (Å²) in [5.41, 5.74) is 1.12. The summed E-state index contributed by atoms with van der Waals surface area (Å²) in [5.74, 6) is 0.286. The van der Waals surface area contributed by atoms with Gasteiger partial charge in [-0.05, 0) is 67.6 Å². The highest BCUT2D eigenvalue weighted by molar-refractivity contribution is 7.10. The van der Waals surface area contributed by atoms with E-state index in [1.165, 1.54) is 17.0 Å². The van der Waals surface area contributed by atoms with E-state index in [1.807, 2.05) is 16.7 Å². The highest BCUT2D eigenvalue weighted by atomic mass is 32.1. The lowest BCUT2D eigenvalue weighted by atomic mass is 10.0. The van der Waals surface area contributed by atoms with Crippen LogP contribution in [0.4, 0.5) is 4.39 Å². The van der Waals surface area contributed by atoms with Crippen molar-refractivity contribution in [3.05, 3.63) is 52.0 Å². The van der Waals surface area contributed by atoms with Gasteiger partial charge in [0.15, 0.2) is 0 Å². The molecular formula is C24H33FN2O4S. The number of thiophene rings is 1. The van der Waals surface area contributed by atoms with Crippen LogP contribution < -0.4 is 4.74 Å². The van der Waals surface area contributed by atoms with Gasteiger partial charge in [-0.15, -0.1) is 11.3 Å². The number of rotatable bonds is 12. The highest BCUT2D eigenvalue weighted by Gasteiger charge is 2.33. The van der Waals surface area contributed by atoms with Gasteiger partial charge in [0.2, 0.25) is 5.91 Å². The minimum atomic E-state index is -0.628. The van der Waals surface area contributed by atoms with Crippen LogP contribution >= 0.6 is 11.3 Å². The minimum absolute atomic E-state index is 0.0200. The van der Waals surface area contributed by atoms with Gasteiger partial charge in [-0.1, -0.05) is 6.92 Å². The van der Waals surface area contributed by atoms with Gasteiger partial charge >= 0.3 is 0 Å². The van der Waals surface area contributed by atoms with Crippen molar-refractivity contribution >= 4 is 17.2 Å². The molecule has 32 heavy (non-hydrogen) atoms. The van der Waals surface area contributed by atoms with Crippen LogP contribution in [0.2, 0.25) is 0 Å². The SMILES string of the molecule is CCCN(CC(=O)N1CCc2sccc2[C@@H]1COc1ccc(F)cc1)C[C@@H](O)COCC. The average Bonchev–Trinajstić information content (AvgIpc) is 3.26. The van der Waals surface area contributed by atoms with Crippen LogP contribution in [0.25, 0.3) is 0 Å². The first kappa shape index (κ1) is 24.6. The number of carbonyl (C=O) groups excluding carboxylic acids is 1. The Kier molecular flexibility index (Phi) is 9.47. The fraction of sp³-hybridized carbons (Fsp3) is 0.542.